The van der Waals surface area contributed by atoms with Gasteiger partial charge in [0, 0.05) is 12.0 Å². The maximum atomic E-state index is 9.59. The zero-order chi connectivity index (χ0) is 11.4. The fraction of sp³-hybridized carbons (Fsp3) is 1.00. The Balaban J connectivity index is 2.83. The summed E-state index contributed by atoms with van der Waals surface area (Å²) in [4.78, 5) is 2.52. The van der Waals surface area contributed by atoms with Gasteiger partial charge in [-0.05, 0) is 5.53 Å². The zero-order valence-electron chi connectivity index (χ0n) is 8.09. The van der Waals surface area contributed by atoms with E-state index in [0.29, 0.717) is 0 Å². The molecule has 1 fully saturated rings. The molecule has 86 valence electrons. The van der Waals surface area contributed by atoms with Crippen LogP contribution < -0.4 is 0 Å². The number of hydrogen-bond acceptors (Lipinski definition) is 6. The molecule has 0 amide bonds. The minimum Gasteiger partial charge on any atom is -0.394 e. The van der Waals surface area contributed by atoms with Gasteiger partial charge in [-0.1, -0.05) is 5.11 Å². The first-order chi connectivity index (χ1) is 7.15. The molecule has 0 saturated carbocycles. The summed E-state index contributed by atoms with van der Waals surface area (Å²) in [6.45, 7) is -0.457. The third-order valence-electron chi connectivity index (χ3n) is 2.27. The van der Waals surface area contributed by atoms with Crippen molar-refractivity contribution in [3.8, 4) is 0 Å². The van der Waals surface area contributed by atoms with Crippen LogP contribution in [0.5, 0.6) is 0 Å². The van der Waals surface area contributed by atoms with Gasteiger partial charge in [0.05, 0.1) is 12.7 Å². The molecule has 8 nitrogen and oxygen atoms in total. The molecule has 15 heavy (non-hydrogen) atoms. The van der Waals surface area contributed by atoms with E-state index in [1.165, 1.54) is 7.11 Å². The molecule has 1 aliphatic heterocycles. The second-order valence-corrected chi connectivity index (χ2v) is 3.14. The van der Waals surface area contributed by atoms with E-state index >= 15 is 0 Å². The fourth-order valence-corrected chi connectivity index (χ4v) is 1.44. The van der Waals surface area contributed by atoms with Gasteiger partial charge in [-0.3, -0.25) is 0 Å². The second kappa shape index (κ2) is 5.26. The van der Waals surface area contributed by atoms with Crippen molar-refractivity contribution >= 4 is 0 Å². The van der Waals surface area contributed by atoms with Crippen LogP contribution in [0.2, 0.25) is 0 Å². The van der Waals surface area contributed by atoms with Crippen molar-refractivity contribution in [3.05, 3.63) is 10.4 Å². The highest BCUT2D eigenvalue weighted by Gasteiger charge is 2.43. The molecular formula is C7H13N3O5. The lowest BCUT2D eigenvalue weighted by Gasteiger charge is -2.39. The molecule has 5 atom stereocenters. The third kappa shape index (κ3) is 2.37. The van der Waals surface area contributed by atoms with Gasteiger partial charge in [0.2, 0.25) is 0 Å². The molecule has 0 aromatic carbocycles. The molecule has 1 rings (SSSR count). The lowest BCUT2D eigenvalue weighted by atomic mass is 9.98. The van der Waals surface area contributed by atoms with Crippen LogP contribution in [-0.4, -0.2) is 59.7 Å². The number of aliphatic hydroxyl groups excluding tert-OH is 3. The van der Waals surface area contributed by atoms with Gasteiger partial charge >= 0.3 is 0 Å². The van der Waals surface area contributed by atoms with Gasteiger partial charge in [0.25, 0.3) is 0 Å². The molecule has 1 saturated heterocycles. The van der Waals surface area contributed by atoms with E-state index in [1.807, 2.05) is 0 Å². The Morgan fingerprint density at radius 3 is 2.60 bits per heavy atom. The van der Waals surface area contributed by atoms with Crippen LogP contribution in [0, 0.1) is 0 Å². The Morgan fingerprint density at radius 1 is 1.47 bits per heavy atom. The zero-order valence-corrected chi connectivity index (χ0v) is 8.09. The first-order valence-electron chi connectivity index (χ1n) is 4.35. The van der Waals surface area contributed by atoms with Crippen molar-refractivity contribution in [1.29, 1.82) is 0 Å². The van der Waals surface area contributed by atoms with Crippen molar-refractivity contribution < 1.29 is 24.8 Å². The van der Waals surface area contributed by atoms with Gasteiger partial charge in [-0.2, -0.15) is 0 Å². The minimum absolute atomic E-state index is 0.457. The average Bonchev–Trinajstić information content (AvgIpc) is 2.25. The number of azide groups is 1. The highest BCUT2D eigenvalue weighted by Crippen LogP contribution is 2.23. The number of rotatable bonds is 3. The highest BCUT2D eigenvalue weighted by atomic mass is 16.7. The summed E-state index contributed by atoms with van der Waals surface area (Å²) in [7, 11) is 1.31. The standard InChI is InChI=1S/C7H13N3O5/c1-14-7-4(9-10-8)6(13)5(12)3(2-11)15-7/h3-7,11-13H,2H2,1H3/t3-,4+,5-,6+,7+/m1/s1. The molecular weight excluding hydrogens is 206 g/mol. The summed E-state index contributed by atoms with van der Waals surface area (Å²) in [5.74, 6) is 0. The summed E-state index contributed by atoms with van der Waals surface area (Å²) in [6.07, 6.45) is -4.56. The van der Waals surface area contributed by atoms with E-state index in [0.717, 1.165) is 0 Å². The van der Waals surface area contributed by atoms with E-state index < -0.39 is 37.3 Å². The lowest BCUT2D eigenvalue weighted by Crippen LogP contribution is -2.58. The van der Waals surface area contributed by atoms with Crippen molar-refractivity contribution in [2.45, 2.75) is 30.6 Å². The molecule has 3 N–H and O–H groups in total. The summed E-state index contributed by atoms with van der Waals surface area (Å²) < 4.78 is 9.92. The maximum absolute atomic E-state index is 9.59. The Morgan fingerprint density at radius 2 is 2.13 bits per heavy atom. The summed E-state index contributed by atoms with van der Waals surface area (Å²) >= 11 is 0. The van der Waals surface area contributed by atoms with Crippen molar-refractivity contribution in [2.75, 3.05) is 13.7 Å². The van der Waals surface area contributed by atoms with Crippen LogP contribution in [0.15, 0.2) is 5.11 Å². The number of ether oxygens (including phenoxy) is 2. The minimum atomic E-state index is -1.32. The van der Waals surface area contributed by atoms with Gasteiger partial charge in [0.15, 0.2) is 6.29 Å². The van der Waals surface area contributed by atoms with Crippen LogP contribution in [-0.2, 0) is 9.47 Å². The van der Waals surface area contributed by atoms with Crippen LogP contribution in [0.1, 0.15) is 0 Å². The molecule has 0 aliphatic carbocycles. The number of nitrogens with zero attached hydrogens (tertiary/aromatic N) is 3. The van der Waals surface area contributed by atoms with Crippen molar-refractivity contribution in [2.24, 2.45) is 5.11 Å². The largest absolute Gasteiger partial charge is 0.394 e. The summed E-state index contributed by atoms with van der Waals surface area (Å²) in [5.41, 5.74) is 8.26. The molecule has 1 aliphatic rings. The van der Waals surface area contributed by atoms with Crippen LogP contribution in [0.4, 0.5) is 0 Å². The van der Waals surface area contributed by atoms with Crippen LogP contribution >= 0.6 is 0 Å². The Labute approximate surface area is 85.7 Å². The second-order valence-electron chi connectivity index (χ2n) is 3.14. The first kappa shape index (κ1) is 12.2. The Kier molecular flexibility index (Phi) is 4.28. The van der Waals surface area contributed by atoms with Crippen LogP contribution in [0.3, 0.4) is 0 Å². The SMILES string of the molecule is CO[C@H]1O[C@H](CO)[C@@H](O)[C@@H](O)[C@@H]1N=[N+]=[N-]. The maximum Gasteiger partial charge on any atom is 0.168 e. The van der Waals surface area contributed by atoms with Gasteiger partial charge in [0.1, 0.15) is 18.2 Å². The predicted molar refractivity (Wildman–Crippen MR) is 47.7 cm³/mol. The predicted octanol–water partition coefficient (Wildman–Crippen LogP) is -1.25. The molecule has 0 aromatic heterocycles. The Bertz CT molecular complexity index is 255. The highest BCUT2D eigenvalue weighted by molar-refractivity contribution is 4.93. The fourth-order valence-electron chi connectivity index (χ4n) is 1.44. The summed E-state index contributed by atoms with van der Waals surface area (Å²) in [6, 6.07) is -1.03. The topological polar surface area (TPSA) is 128 Å². The quantitative estimate of drug-likeness (QED) is 0.310. The molecule has 0 spiro atoms. The monoisotopic (exact) mass is 219 g/mol. The molecule has 0 radical (unpaired) electrons. The number of hydrogen-bond donors (Lipinski definition) is 3. The van der Waals surface area contributed by atoms with Crippen molar-refractivity contribution in [1.82, 2.24) is 0 Å². The molecule has 0 bridgehead atoms. The molecule has 0 unspecified atom stereocenters. The summed E-state index contributed by atoms with van der Waals surface area (Å²) in [5, 5.41) is 31.2. The number of aliphatic hydroxyl groups is 3. The van der Waals surface area contributed by atoms with E-state index in [9.17, 15) is 10.2 Å². The van der Waals surface area contributed by atoms with Crippen LogP contribution in [0.25, 0.3) is 10.4 Å². The van der Waals surface area contributed by atoms with Gasteiger partial charge < -0.3 is 24.8 Å². The van der Waals surface area contributed by atoms with Gasteiger partial charge in [-0.25, -0.2) is 0 Å². The van der Waals surface area contributed by atoms with E-state index in [2.05, 4.69) is 10.0 Å². The van der Waals surface area contributed by atoms with E-state index in [4.69, 9.17) is 20.1 Å². The normalized spacial score (nSPS) is 40.9. The first-order valence-corrected chi connectivity index (χ1v) is 4.35. The molecule has 8 heteroatoms. The van der Waals surface area contributed by atoms with Crippen molar-refractivity contribution in [3.63, 3.8) is 0 Å². The number of methoxy groups -OCH3 is 1. The van der Waals surface area contributed by atoms with E-state index in [-0.39, 0.29) is 0 Å². The van der Waals surface area contributed by atoms with E-state index in [1.54, 1.807) is 0 Å². The third-order valence-corrected chi connectivity index (χ3v) is 2.27. The van der Waals surface area contributed by atoms with Gasteiger partial charge in [-0.15, -0.1) is 0 Å². The molecule has 1 heterocycles. The lowest BCUT2D eigenvalue weighted by molar-refractivity contribution is -0.257. The average molecular weight is 219 g/mol. The molecule has 0 aromatic rings. The Hall–Kier alpha value is -0.890. The smallest absolute Gasteiger partial charge is 0.168 e.